The van der Waals surface area contributed by atoms with Crippen LogP contribution in [0, 0.1) is 11.3 Å². The van der Waals surface area contributed by atoms with Crippen LogP contribution < -0.4 is 5.73 Å². The molecule has 0 aliphatic heterocycles. The van der Waals surface area contributed by atoms with Gasteiger partial charge >= 0.3 is 0 Å². The van der Waals surface area contributed by atoms with Crippen LogP contribution in [0.4, 0.5) is 0 Å². The molecular weight excluding hydrogens is 138 g/mol. The zero-order valence-electron chi connectivity index (χ0n) is 6.81. The van der Waals surface area contributed by atoms with Gasteiger partial charge in [0.05, 0.1) is 0 Å². The third kappa shape index (κ3) is 0.959. The minimum absolute atomic E-state index is 0.0457. The highest BCUT2D eigenvalue weighted by molar-refractivity contribution is 5.81. The van der Waals surface area contributed by atoms with Gasteiger partial charge in [-0.1, -0.05) is 0 Å². The molecule has 0 unspecified atom stereocenters. The molecule has 0 heterocycles. The lowest BCUT2D eigenvalue weighted by Gasteiger charge is -2.44. The van der Waals surface area contributed by atoms with E-state index in [1.165, 1.54) is 19.3 Å². The summed E-state index contributed by atoms with van der Waals surface area (Å²) < 4.78 is 0. The van der Waals surface area contributed by atoms with Crippen LogP contribution in [0.2, 0.25) is 0 Å². The lowest BCUT2D eigenvalue weighted by molar-refractivity contribution is -0.133. The third-order valence-corrected chi connectivity index (χ3v) is 3.62. The van der Waals surface area contributed by atoms with Gasteiger partial charge in [-0.3, -0.25) is 4.79 Å². The summed E-state index contributed by atoms with van der Waals surface area (Å²) in [6.45, 7) is 0. The molecule has 0 aromatic carbocycles. The monoisotopic (exact) mass is 153 g/mol. The molecule has 0 radical (unpaired) electrons. The zero-order chi connectivity index (χ0) is 7.90. The van der Waals surface area contributed by atoms with Crippen LogP contribution in [0.25, 0.3) is 0 Å². The predicted molar refractivity (Wildman–Crippen MR) is 42.8 cm³/mol. The van der Waals surface area contributed by atoms with E-state index in [1.54, 1.807) is 0 Å². The summed E-state index contributed by atoms with van der Waals surface area (Å²) >= 11 is 0. The molecule has 2 heteroatoms. The Morgan fingerprint density at radius 3 is 1.91 bits per heavy atom. The number of hydrogen-bond acceptors (Lipinski definition) is 1. The fraction of sp³-hybridized carbons (Fsp3) is 0.889. The molecule has 0 aromatic heterocycles. The Kier molecular flexibility index (Phi) is 1.44. The van der Waals surface area contributed by atoms with Gasteiger partial charge in [0.15, 0.2) is 0 Å². The molecule has 62 valence electrons. The Balaban J connectivity index is 2.18. The second-order valence-electron chi connectivity index (χ2n) is 4.13. The molecule has 2 nitrogen and oxygen atoms in total. The number of amides is 1. The maximum Gasteiger partial charge on any atom is 0.223 e. The van der Waals surface area contributed by atoms with Crippen molar-refractivity contribution < 1.29 is 4.79 Å². The van der Waals surface area contributed by atoms with E-state index in [2.05, 4.69) is 0 Å². The SMILES string of the molecule is NC(=O)C12CCC(CC1)CC2. The van der Waals surface area contributed by atoms with E-state index in [-0.39, 0.29) is 11.3 Å². The smallest absolute Gasteiger partial charge is 0.223 e. The second-order valence-corrected chi connectivity index (χ2v) is 4.13. The van der Waals surface area contributed by atoms with Crippen LogP contribution in [-0.4, -0.2) is 5.91 Å². The number of carbonyl (C=O) groups is 1. The van der Waals surface area contributed by atoms with Crippen molar-refractivity contribution in [2.45, 2.75) is 38.5 Å². The van der Waals surface area contributed by atoms with Crippen molar-refractivity contribution in [1.82, 2.24) is 0 Å². The third-order valence-electron chi connectivity index (χ3n) is 3.62. The molecule has 3 rings (SSSR count). The van der Waals surface area contributed by atoms with Gasteiger partial charge in [0.25, 0.3) is 0 Å². The Labute approximate surface area is 67.1 Å². The van der Waals surface area contributed by atoms with Crippen molar-refractivity contribution in [1.29, 1.82) is 0 Å². The molecule has 0 atom stereocenters. The molecular formula is C9H15NO. The van der Waals surface area contributed by atoms with E-state index in [0.717, 1.165) is 25.2 Å². The first-order chi connectivity index (χ1) is 5.23. The molecule has 3 saturated carbocycles. The highest BCUT2D eigenvalue weighted by atomic mass is 16.1. The largest absolute Gasteiger partial charge is 0.369 e. The summed E-state index contributed by atoms with van der Waals surface area (Å²) in [5, 5.41) is 0. The summed E-state index contributed by atoms with van der Waals surface area (Å²) in [6.07, 6.45) is 6.90. The van der Waals surface area contributed by atoms with E-state index in [9.17, 15) is 4.79 Å². The van der Waals surface area contributed by atoms with E-state index in [4.69, 9.17) is 5.73 Å². The first-order valence-corrected chi connectivity index (χ1v) is 4.53. The lowest BCUT2D eigenvalue weighted by atomic mass is 9.60. The van der Waals surface area contributed by atoms with Gasteiger partial charge in [-0.05, 0) is 44.4 Å². The lowest BCUT2D eigenvalue weighted by Crippen LogP contribution is -2.44. The van der Waals surface area contributed by atoms with Crippen LogP contribution in [-0.2, 0) is 4.79 Å². The molecule has 3 aliphatic rings. The molecule has 0 spiro atoms. The fourth-order valence-electron chi connectivity index (χ4n) is 2.62. The molecule has 2 bridgehead atoms. The van der Waals surface area contributed by atoms with Gasteiger partial charge in [0.1, 0.15) is 0 Å². The van der Waals surface area contributed by atoms with Crippen molar-refractivity contribution in [3.8, 4) is 0 Å². The highest BCUT2D eigenvalue weighted by Gasteiger charge is 2.44. The summed E-state index contributed by atoms with van der Waals surface area (Å²) in [5.41, 5.74) is 5.32. The van der Waals surface area contributed by atoms with Crippen LogP contribution >= 0.6 is 0 Å². The molecule has 0 saturated heterocycles. The van der Waals surface area contributed by atoms with Gasteiger partial charge in [-0.15, -0.1) is 0 Å². The van der Waals surface area contributed by atoms with Crippen LogP contribution in [0.3, 0.4) is 0 Å². The minimum atomic E-state index is -0.0747. The topological polar surface area (TPSA) is 43.1 Å². The quantitative estimate of drug-likeness (QED) is 0.608. The number of nitrogens with two attached hydrogens (primary N) is 1. The molecule has 2 N–H and O–H groups in total. The van der Waals surface area contributed by atoms with Crippen molar-refractivity contribution in [2.24, 2.45) is 17.1 Å². The fourth-order valence-corrected chi connectivity index (χ4v) is 2.62. The average molecular weight is 153 g/mol. The molecule has 3 aliphatic carbocycles. The van der Waals surface area contributed by atoms with E-state index in [0.29, 0.717) is 0 Å². The molecule has 1 amide bonds. The summed E-state index contributed by atoms with van der Waals surface area (Å²) in [4.78, 5) is 11.2. The Bertz CT molecular complexity index is 166. The zero-order valence-corrected chi connectivity index (χ0v) is 6.81. The van der Waals surface area contributed by atoms with Crippen LogP contribution in [0.1, 0.15) is 38.5 Å². The second kappa shape index (κ2) is 2.23. The summed E-state index contributed by atoms with van der Waals surface area (Å²) in [5.74, 6) is 0.867. The minimum Gasteiger partial charge on any atom is -0.369 e. The number of hydrogen-bond donors (Lipinski definition) is 1. The summed E-state index contributed by atoms with van der Waals surface area (Å²) in [7, 11) is 0. The Morgan fingerprint density at radius 2 is 1.64 bits per heavy atom. The van der Waals surface area contributed by atoms with Crippen LogP contribution in [0.15, 0.2) is 0 Å². The first-order valence-electron chi connectivity index (χ1n) is 4.53. The first kappa shape index (κ1) is 7.14. The van der Waals surface area contributed by atoms with E-state index in [1.807, 2.05) is 0 Å². The van der Waals surface area contributed by atoms with E-state index >= 15 is 0 Å². The van der Waals surface area contributed by atoms with Gasteiger partial charge in [0.2, 0.25) is 5.91 Å². The number of primary amides is 1. The Morgan fingerprint density at radius 1 is 1.18 bits per heavy atom. The molecule has 3 fully saturated rings. The predicted octanol–water partition coefficient (Wildman–Crippen LogP) is 1.44. The number of fused-ring (bicyclic) bond motifs is 3. The highest BCUT2D eigenvalue weighted by Crippen LogP contribution is 2.49. The normalized spacial score (nSPS) is 42.4. The summed E-state index contributed by atoms with van der Waals surface area (Å²) in [6, 6.07) is 0. The molecule has 0 aromatic rings. The number of carbonyl (C=O) groups excluding carboxylic acids is 1. The van der Waals surface area contributed by atoms with Gasteiger partial charge in [-0.25, -0.2) is 0 Å². The van der Waals surface area contributed by atoms with Gasteiger partial charge in [-0.2, -0.15) is 0 Å². The maximum atomic E-state index is 11.2. The standard InChI is InChI=1S/C9H15NO/c10-8(11)9-4-1-7(2-5-9)3-6-9/h7H,1-6H2,(H2,10,11). The van der Waals surface area contributed by atoms with Crippen molar-refractivity contribution in [2.75, 3.05) is 0 Å². The number of rotatable bonds is 1. The maximum absolute atomic E-state index is 11.2. The molecule has 11 heavy (non-hydrogen) atoms. The van der Waals surface area contributed by atoms with Crippen molar-refractivity contribution >= 4 is 5.91 Å². The van der Waals surface area contributed by atoms with Gasteiger partial charge in [0, 0.05) is 5.41 Å². The van der Waals surface area contributed by atoms with Crippen LogP contribution in [0.5, 0.6) is 0 Å². The van der Waals surface area contributed by atoms with Gasteiger partial charge < -0.3 is 5.73 Å². The average Bonchev–Trinajstić information content (AvgIpc) is 2.08. The van der Waals surface area contributed by atoms with Crippen molar-refractivity contribution in [3.63, 3.8) is 0 Å². The Hall–Kier alpha value is -0.530. The van der Waals surface area contributed by atoms with E-state index < -0.39 is 0 Å². The van der Waals surface area contributed by atoms with Crippen molar-refractivity contribution in [3.05, 3.63) is 0 Å².